The molecule has 2 fully saturated rings. The number of fused-ring (bicyclic) bond motifs is 1. The van der Waals surface area contributed by atoms with E-state index in [0.717, 1.165) is 10.9 Å². The molecule has 2 saturated heterocycles. The first-order valence-corrected chi connectivity index (χ1v) is 18.9. The number of aliphatic hydroxyl groups excluding tert-OH is 2. The van der Waals surface area contributed by atoms with E-state index >= 15 is 0 Å². The molecule has 3 heterocycles. The lowest BCUT2D eigenvalue weighted by atomic mass is 10.0. The van der Waals surface area contributed by atoms with Crippen molar-refractivity contribution in [3.8, 4) is 0 Å². The number of aliphatic hydroxyl groups is 2. The SMILES string of the molecule is CC(=O)N1CCC[C@H]1C(=O)N[C@@H](CO)C(=O)N1CCC[C@H]1C(=O)N[C@@H](Cc1c[nH]c2ccccc12)C(=O)N[C@@H](C)C(=O)N[C@H](C(=O)N[C@@H](CC(N)=O)C(N)=O)[C@@H](C)O. The topological polar surface area (TPSA) is 329 Å². The van der Waals surface area contributed by atoms with E-state index in [2.05, 4.69) is 31.6 Å². The van der Waals surface area contributed by atoms with Gasteiger partial charge in [0.15, 0.2) is 0 Å². The number of benzene rings is 1. The van der Waals surface area contributed by atoms with Gasteiger partial charge in [-0.3, -0.25) is 43.2 Å². The van der Waals surface area contributed by atoms with Crippen LogP contribution in [0.5, 0.6) is 0 Å². The standard InChI is InChI=1S/C37H52N10O11/c1-18(32(53)45-30(19(2)49)36(57)42-24(31(39)52)15-29(38)51)41-33(54)25(14-21-16-40-23-9-5-4-8-22(21)23)43-35(56)28-11-7-13-47(28)37(58)26(17-48)44-34(55)27-10-6-12-46(27)20(3)50/h4-5,8-9,16,18-19,24-28,30,40,48-49H,6-7,10-15,17H2,1-3H3,(H2,38,51)(H2,39,52)(H,41,54)(H,42,57)(H,43,56)(H,44,55)(H,45,53)/t18-,19+,24-,25-,26-,27-,28-,30-/m0/s1. The molecule has 58 heavy (non-hydrogen) atoms. The van der Waals surface area contributed by atoms with Gasteiger partial charge in [-0.25, -0.2) is 0 Å². The zero-order valence-corrected chi connectivity index (χ0v) is 32.5. The molecule has 0 spiro atoms. The van der Waals surface area contributed by atoms with Crippen LogP contribution in [0.15, 0.2) is 30.5 Å². The van der Waals surface area contributed by atoms with Crippen molar-refractivity contribution in [2.75, 3.05) is 19.7 Å². The van der Waals surface area contributed by atoms with Crippen LogP contribution in [0.25, 0.3) is 10.9 Å². The number of carbonyl (C=O) groups is 9. The normalized spacial score (nSPS) is 19.5. The zero-order chi connectivity index (χ0) is 42.8. The molecular weight excluding hydrogens is 760 g/mol. The van der Waals surface area contributed by atoms with Crippen LogP contribution in [-0.4, -0.2) is 146 Å². The Hall–Kier alpha value is -6.09. The molecule has 21 nitrogen and oxygen atoms in total. The largest absolute Gasteiger partial charge is 0.394 e. The van der Waals surface area contributed by atoms with Crippen molar-refractivity contribution < 1.29 is 53.4 Å². The van der Waals surface area contributed by atoms with Gasteiger partial charge in [0.25, 0.3) is 0 Å². The number of rotatable bonds is 18. The summed E-state index contributed by atoms with van der Waals surface area (Å²) in [4.78, 5) is 122. The van der Waals surface area contributed by atoms with Crippen LogP contribution in [0.2, 0.25) is 0 Å². The maximum Gasteiger partial charge on any atom is 0.248 e. The lowest BCUT2D eigenvalue weighted by Crippen LogP contribution is -2.61. The second-order valence-corrected chi connectivity index (χ2v) is 14.5. The molecule has 0 unspecified atom stereocenters. The van der Waals surface area contributed by atoms with Gasteiger partial charge in [0.1, 0.15) is 42.3 Å². The van der Waals surface area contributed by atoms with Gasteiger partial charge in [-0.15, -0.1) is 0 Å². The van der Waals surface area contributed by atoms with Crippen LogP contribution in [0.4, 0.5) is 0 Å². The average Bonchev–Trinajstić information content (AvgIpc) is 3.95. The third-order valence-corrected chi connectivity index (χ3v) is 10.2. The molecule has 316 valence electrons. The zero-order valence-electron chi connectivity index (χ0n) is 32.5. The van der Waals surface area contributed by atoms with E-state index in [0.29, 0.717) is 31.4 Å². The van der Waals surface area contributed by atoms with Crippen LogP contribution in [0, 0.1) is 0 Å². The number of nitrogens with one attached hydrogen (secondary N) is 6. The fourth-order valence-corrected chi connectivity index (χ4v) is 7.12. The van der Waals surface area contributed by atoms with E-state index in [1.807, 2.05) is 18.2 Å². The number of aromatic nitrogens is 1. The second-order valence-electron chi connectivity index (χ2n) is 14.5. The second kappa shape index (κ2) is 19.9. The third-order valence-electron chi connectivity index (χ3n) is 10.2. The van der Waals surface area contributed by atoms with Crippen molar-refractivity contribution in [3.05, 3.63) is 36.0 Å². The smallest absolute Gasteiger partial charge is 0.248 e. The number of para-hydroxylation sites is 1. The van der Waals surface area contributed by atoms with E-state index in [1.165, 1.54) is 30.6 Å². The predicted molar refractivity (Wildman–Crippen MR) is 204 cm³/mol. The Labute approximate surface area is 333 Å². The molecule has 0 radical (unpaired) electrons. The summed E-state index contributed by atoms with van der Waals surface area (Å²) in [5, 5.41) is 33.4. The van der Waals surface area contributed by atoms with Gasteiger partial charge in [0.05, 0.1) is 19.1 Å². The molecule has 12 N–H and O–H groups in total. The number of primary amides is 2. The maximum atomic E-state index is 13.9. The number of carbonyl (C=O) groups excluding carboxylic acids is 9. The molecule has 0 aliphatic carbocycles. The summed E-state index contributed by atoms with van der Waals surface area (Å²) in [7, 11) is 0. The monoisotopic (exact) mass is 812 g/mol. The molecule has 9 amide bonds. The van der Waals surface area contributed by atoms with E-state index in [-0.39, 0.29) is 25.3 Å². The van der Waals surface area contributed by atoms with E-state index in [9.17, 15) is 53.4 Å². The molecule has 4 rings (SSSR count). The Balaban J connectivity index is 1.49. The highest BCUT2D eigenvalue weighted by atomic mass is 16.3. The van der Waals surface area contributed by atoms with Crippen molar-refractivity contribution in [2.24, 2.45) is 11.5 Å². The molecule has 2 aliphatic rings. The first-order chi connectivity index (χ1) is 27.4. The summed E-state index contributed by atoms with van der Waals surface area (Å²) in [6.45, 7) is 3.53. The van der Waals surface area contributed by atoms with Crippen molar-refractivity contribution >= 4 is 64.1 Å². The Morgan fingerprint density at radius 1 is 0.793 bits per heavy atom. The van der Waals surface area contributed by atoms with Crippen LogP contribution in [0.1, 0.15) is 58.4 Å². The van der Waals surface area contributed by atoms with E-state index in [1.54, 1.807) is 12.3 Å². The lowest BCUT2D eigenvalue weighted by molar-refractivity contribution is -0.144. The Morgan fingerprint density at radius 2 is 1.40 bits per heavy atom. The number of amides is 9. The van der Waals surface area contributed by atoms with Crippen molar-refractivity contribution in [1.29, 1.82) is 0 Å². The van der Waals surface area contributed by atoms with Crippen molar-refractivity contribution in [1.82, 2.24) is 41.4 Å². The summed E-state index contributed by atoms with van der Waals surface area (Å²) in [6, 6.07) is -1.95. The molecule has 2 aliphatic heterocycles. The van der Waals surface area contributed by atoms with Crippen LogP contribution in [-0.2, 0) is 49.6 Å². The quantitative estimate of drug-likeness (QED) is 0.0690. The summed E-state index contributed by atoms with van der Waals surface area (Å²) in [6.07, 6.45) is 1.01. The third kappa shape index (κ3) is 11.1. The minimum atomic E-state index is -1.66. The number of nitrogens with two attached hydrogens (primary N) is 2. The molecule has 1 aromatic carbocycles. The number of aromatic amines is 1. The van der Waals surface area contributed by atoms with Gasteiger partial charge in [0.2, 0.25) is 53.2 Å². The Kier molecular flexibility index (Phi) is 15.3. The molecular formula is C37H52N10O11. The van der Waals surface area contributed by atoms with Gasteiger partial charge < -0.3 is 63.0 Å². The van der Waals surface area contributed by atoms with Crippen LogP contribution < -0.4 is 38.1 Å². The van der Waals surface area contributed by atoms with Gasteiger partial charge in [-0.05, 0) is 51.2 Å². The highest BCUT2D eigenvalue weighted by Gasteiger charge is 2.41. The number of nitrogens with zero attached hydrogens (tertiary/aromatic N) is 2. The first kappa shape index (κ1) is 44.6. The average molecular weight is 813 g/mol. The van der Waals surface area contributed by atoms with Crippen molar-refractivity contribution in [2.45, 2.75) is 108 Å². The number of hydrogen-bond acceptors (Lipinski definition) is 11. The molecule has 21 heteroatoms. The number of likely N-dealkylation sites (tertiary alicyclic amines) is 2. The molecule has 2 aromatic rings. The van der Waals surface area contributed by atoms with Gasteiger partial charge in [0, 0.05) is 43.5 Å². The molecule has 1 aromatic heterocycles. The summed E-state index contributed by atoms with van der Waals surface area (Å²) >= 11 is 0. The molecule has 8 atom stereocenters. The van der Waals surface area contributed by atoms with E-state index < -0.39 is 109 Å². The fourth-order valence-electron chi connectivity index (χ4n) is 7.12. The highest BCUT2D eigenvalue weighted by Crippen LogP contribution is 2.22. The Morgan fingerprint density at radius 3 is 1.98 bits per heavy atom. The highest BCUT2D eigenvalue weighted by molar-refractivity contribution is 5.98. The Bertz CT molecular complexity index is 1900. The predicted octanol–water partition coefficient (Wildman–Crippen LogP) is -4.11. The van der Waals surface area contributed by atoms with E-state index in [4.69, 9.17) is 11.5 Å². The van der Waals surface area contributed by atoms with Crippen LogP contribution in [0.3, 0.4) is 0 Å². The summed E-state index contributed by atoms with van der Waals surface area (Å²) in [5.41, 5.74) is 11.7. The maximum absolute atomic E-state index is 13.9. The lowest BCUT2D eigenvalue weighted by Gasteiger charge is -2.30. The van der Waals surface area contributed by atoms with Gasteiger partial charge in [-0.1, -0.05) is 18.2 Å². The summed E-state index contributed by atoms with van der Waals surface area (Å²) < 4.78 is 0. The summed E-state index contributed by atoms with van der Waals surface area (Å²) in [5.74, 6) is -7.19. The minimum Gasteiger partial charge on any atom is -0.394 e. The van der Waals surface area contributed by atoms with Crippen LogP contribution >= 0.6 is 0 Å². The van der Waals surface area contributed by atoms with Gasteiger partial charge in [-0.2, -0.15) is 0 Å². The first-order valence-electron chi connectivity index (χ1n) is 18.9. The van der Waals surface area contributed by atoms with Crippen molar-refractivity contribution in [3.63, 3.8) is 0 Å². The number of hydrogen-bond donors (Lipinski definition) is 10. The number of H-pyrrole nitrogens is 1. The minimum absolute atomic E-state index is 0.0764. The van der Waals surface area contributed by atoms with Gasteiger partial charge >= 0.3 is 0 Å². The molecule has 0 saturated carbocycles. The molecule has 0 bridgehead atoms. The fraction of sp³-hybridized carbons (Fsp3) is 0.541.